The Labute approximate surface area is 112 Å². The molecule has 19 heavy (non-hydrogen) atoms. The van der Waals surface area contributed by atoms with Crippen molar-refractivity contribution in [3.8, 4) is 0 Å². The molecule has 0 aliphatic rings. The highest BCUT2D eigenvalue weighted by atomic mass is 19.1. The van der Waals surface area contributed by atoms with Gasteiger partial charge in [0.05, 0.1) is 0 Å². The molecular formula is C15H19FN2O. The smallest absolute Gasteiger partial charge is 0.270 e. The standard InChI is InChI=1S/C15H19FN2O/c1-4-5-8-18(3)15(19)14-10(2)12-9-11(16)6-7-13(12)17-14/h6-7,9,17H,4-5,8H2,1-3H3. The van der Waals surface area contributed by atoms with E-state index in [1.165, 1.54) is 12.1 Å². The number of hydrogen-bond acceptors (Lipinski definition) is 1. The Morgan fingerprint density at radius 2 is 2.16 bits per heavy atom. The van der Waals surface area contributed by atoms with Crippen molar-refractivity contribution >= 4 is 16.8 Å². The van der Waals surface area contributed by atoms with Crippen molar-refractivity contribution in [2.24, 2.45) is 0 Å². The fourth-order valence-electron chi connectivity index (χ4n) is 2.20. The van der Waals surface area contributed by atoms with Crippen LogP contribution in [-0.4, -0.2) is 29.4 Å². The molecule has 0 spiro atoms. The van der Waals surface area contributed by atoms with Crippen molar-refractivity contribution in [2.45, 2.75) is 26.7 Å². The molecule has 1 aromatic carbocycles. The van der Waals surface area contributed by atoms with Gasteiger partial charge in [0.2, 0.25) is 0 Å². The summed E-state index contributed by atoms with van der Waals surface area (Å²) in [7, 11) is 1.80. The van der Waals surface area contributed by atoms with Gasteiger partial charge in [0.15, 0.2) is 0 Å². The minimum Gasteiger partial charge on any atom is -0.350 e. The van der Waals surface area contributed by atoms with Crippen LogP contribution in [0.4, 0.5) is 4.39 Å². The second-order valence-electron chi connectivity index (χ2n) is 4.90. The number of amides is 1. The molecule has 102 valence electrons. The van der Waals surface area contributed by atoms with Gasteiger partial charge in [-0.05, 0) is 37.1 Å². The number of H-pyrrole nitrogens is 1. The van der Waals surface area contributed by atoms with Crippen LogP contribution in [0.15, 0.2) is 18.2 Å². The Balaban J connectivity index is 2.34. The zero-order valence-corrected chi connectivity index (χ0v) is 11.6. The summed E-state index contributed by atoms with van der Waals surface area (Å²) in [5.41, 5.74) is 2.16. The molecule has 0 saturated carbocycles. The topological polar surface area (TPSA) is 36.1 Å². The Bertz CT molecular complexity index is 603. The highest BCUT2D eigenvalue weighted by Gasteiger charge is 2.18. The summed E-state index contributed by atoms with van der Waals surface area (Å²) in [6.45, 7) is 4.67. The van der Waals surface area contributed by atoms with Gasteiger partial charge in [-0.1, -0.05) is 13.3 Å². The van der Waals surface area contributed by atoms with Gasteiger partial charge in [0.1, 0.15) is 11.5 Å². The quantitative estimate of drug-likeness (QED) is 0.899. The molecule has 1 aromatic heterocycles. The molecule has 0 unspecified atom stereocenters. The van der Waals surface area contributed by atoms with Gasteiger partial charge in [-0.3, -0.25) is 4.79 Å². The molecule has 1 heterocycles. The first-order chi connectivity index (χ1) is 9.04. The van der Waals surface area contributed by atoms with E-state index in [2.05, 4.69) is 11.9 Å². The molecule has 2 rings (SSSR count). The summed E-state index contributed by atoms with van der Waals surface area (Å²) in [4.78, 5) is 17.1. The summed E-state index contributed by atoms with van der Waals surface area (Å²) in [6, 6.07) is 4.53. The number of benzene rings is 1. The highest BCUT2D eigenvalue weighted by molar-refractivity contribution is 6.00. The SMILES string of the molecule is CCCCN(C)C(=O)c1[nH]c2ccc(F)cc2c1C. The second-order valence-corrected chi connectivity index (χ2v) is 4.90. The number of fused-ring (bicyclic) bond motifs is 1. The largest absolute Gasteiger partial charge is 0.350 e. The molecule has 3 nitrogen and oxygen atoms in total. The summed E-state index contributed by atoms with van der Waals surface area (Å²) in [5.74, 6) is -0.324. The maximum atomic E-state index is 13.2. The first kappa shape index (κ1) is 13.6. The molecule has 0 fully saturated rings. The van der Waals surface area contributed by atoms with E-state index >= 15 is 0 Å². The number of unbranched alkanes of at least 4 members (excludes halogenated alkanes) is 1. The Morgan fingerprint density at radius 3 is 2.84 bits per heavy atom. The summed E-state index contributed by atoms with van der Waals surface area (Å²) >= 11 is 0. The number of hydrogen-bond donors (Lipinski definition) is 1. The number of rotatable bonds is 4. The molecule has 2 aromatic rings. The van der Waals surface area contributed by atoms with Crippen molar-refractivity contribution < 1.29 is 9.18 Å². The molecule has 1 amide bonds. The van der Waals surface area contributed by atoms with Gasteiger partial charge in [-0.2, -0.15) is 0 Å². The van der Waals surface area contributed by atoms with Crippen LogP contribution in [0.2, 0.25) is 0 Å². The van der Waals surface area contributed by atoms with Gasteiger partial charge in [-0.15, -0.1) is 0 Å². The zero-order chi connectivity index (χ0) is 14.0. The third-order valence-corrected chi connectivity index (χ3v) is 3.43. The molecule has 0 aliphatic carbocycles. The van der Waals surface area contributed by atoms with Crippen molar-refractivity contribution in [1.82, 2.24) is 9.88 Å². The van der Waals surface area contributed by atoms with Crippen LogP contribution in [0.3, 0.4) is 0 Å². The van der Waals surface area contributed by atoms with Crippen LogP contribution in [-0.2, 0) is 0 Å². The normalized spacial score (nSPS) is 10.9. The summed E-state index contributed by atoms with van der Waals surface area (Å²) in [5, 5.41) is 0.771. The van der Waals surface area contributed by atoms with Gasteiger partial charge >= 0.3 is 0 Å². The van der Waals surface area contributed by atoms with E-state index in [-0.39, 0.29) is 11.7 Å². The summed E-state index contributed by atoms with van der Waals surface area (Å²) < 4.78 is 13.2. The molecule has 0 aliphatic heterocycles. The average molecular weight is 262 g/mol. The minimum atomic E-state index is -0.284. The lowest BCUT2D eigenvalue weighted by molar-refractivity contribution is 0.0788. The van der Waals surface area contributed by atoms with E-state index in [1.807, 2.05) is 6.92 Å². The van der Waals surface area contributed by atoms with Gasteiger partial charge in [0, 0.05) is 24.5 Å². The number of aryl methyl sites for hydroxylation is 1. The van der Waals surface area contributed by atoms with E-state index in [4.69, 9.17) is 0 Å². The highest BCUT2D eigenvalue weighted by Crippen LogP contribution is 2.23. The maximum Gasteiger partial charge on any atom is 0.270 e. The lowest BCUT2D eigenvalue weighted by Gasteiger charge is -2.16. The van der Waals surface area contributed by atoms with Crippen molar-refractivity contribution in [2.75, 3.05) is 13.6 Å². The lowest BCUT2D eigenvalue weighted by Crippen LogP contribution is -2.28. The lowest BCUT2D eigenvalue weighted by atomic mass is 10.1. The van der Waals surface area contributed by atoms with Crippen molar-refractivity contribution in [3.05, 3.63) is 35.3 Å². The number of halogens is 1. The Kier molecular flexibility index (Phi) is 3.88. The van der Waals surface area contributed by atoms with E-state index in [9.17, 15) is 9.18 Å². The Morgan fingerprint density at radius 1 is 1.42 bits per heavy atom. The van der Waals surface area contributed by atoms with E-state index < -0.39 is 0 Å². The molecule has 0 saturated heterocycles. The zero-order valence-electron chi connectivity index (χ0n) is 11.6. The summed E-state index contributed by atoms with van der Waals surface area (Å²) in [6.07, 6.45) is 2.03. The molecule has 4 heteroatoms. The fourth-order valence-corrected chi connectivity index (χ4v) is 2.20. The predicted molar refractivity (Wildman–Crippen MR) is 74.9 cm³/mol. The monoisotopic (exact) mass is 262 g/mol. The van der Waals surface area contributed by atoms with Gasteiger partial charge in [-0.25, -0.2) is 4.39 Å². The number of aromatic nitrogens is 1. The number of carbonyl (C=O) groups is 1. The molecular weight excluding hydrogens is 243 g/mol. The number of nitrogens with one attached hydrogen (secondary N) is 1. The van der Waals surface area contributed by atoms with Crippen LogP contribution in [0, 0.1) is 12.7 Å². The van der Waals surface area contributed by atoms with E-state index in [0.29, 0.717) is 5.69 Å². The van der Waals surface area contributed by atoms with Gasteiger partial charge < -0.3 is 9.88 Å². The third-order valence-electron chi connectivity index (χ3n) is 3.43. The van der Waals surface area contributed by atoms with Crippen LogP contribution in [0.25, 0.3) is 10.9 Å². The number of aromatic amines is 1. The van der Waals surface area contributed by atoms with Gasteiger partial charge in [0.25, 0.3) is 5.91 Å². The van der Waals surface area contributed by atoms with Crippen LogP contribution in [0.5, 0.6) is 0 Å². The van der Waals surface area contributed by atoms with E-state index in [1.54, 1.807) is 18.0 Å². The number of nitrogens with zero attached hydrogens (tertiary/aromatic N) is 1. The fraction of sp³-hybridized carbons (Fsp3) is 0.400. The van der Waals surface area contributed by atoms with Crippen molar-refractivity contribution in [1.29, 1.82) is 0 Å². The van der Waals surface area contributed by atoms with Crippen LogP contribution >= 0.6 is 0 Å². The average Bonchev–Trinajstić information content (AvgIpc) is 2.72. The second kappa shape index (κ2) is 5.43. The van der Waals surface area contributed by atoms with Crippen LogP contribution < -0.4 is 0 Å². The minimum absolute atomic E-state index is 0.0393. The molecule has 0 bridgehead atoms. The predicted octanol–water partition coefficient (Wildman–Crippen LogP) is 3.49. The Hall–Kier alpha value is -1.84. The van der Waals surface area contributed by atoms with Crippen LogP contribution in [0.1, 0.15) is 35.8 Å². The first-order valence-electron chi connectivity index (χ1n) is 6.58. The number of carbonyl (C=O) groups excluding carboxylic acids is 1. The molecule has 1 N–H and O–H groups in total. The first-order valence-corrected chi connectivity index (χ1v) is 6.58. The van der Waals surface area contributed by atoms with Crippen molar-refractivity contribution in [3.63, 3.8) is 0 Å². The molecule has 0 atom stereocenters. The maximum absolute atomic E-state index is 13.2. The van der Waals surface area contributed by atoms with E-state index in [0.717, 1.165) is 35.9 Å². The molecule has 0 radical (unpaired) electrons. The third kappa shape index (κ3) is 2.62.